The molecule has 0 saturated heterocycles. The maximum Gasteiger partial charge on any atom is 0.460 e. The average Bonchev–Trinajstić information content (AvgIpc) is 2.78. The van der Waals surface area contributed by atoms with E-state index in [9.17, 15) is 106 Å². The number of carbonyl (C=O) groups is 2. The number of hydrogen-bond donors (Lipinski definition) is 2. The number of likely N-dealkylation sites (N-methyl/N-ethyl adjacent to an activating group) is 1. The van der Waals surface area contributed by atoms with E-state index in [-0.39, 0.29) is 0 Å². The monoisotopic (exact) mass is 740 g/mol. The highest BCUT2D eigenvalue weighted by Gasteiger charge is 2.94. The second-order valence-electron chi connectivity index (χ2n) is 9.65. The predicted molar refractivity (Wildman–Crippen MR) is 101 cm³/mol. The Bertz CT molecular complexity index is 1060. The number of aliphatic carboxylic acids is 1. The van der Waals surface area contributed by atoms with Crippen molar-refractivity contribution < 1.29 is 116 Å². The Kier molecular flexibility index (Phi) is 11.4. The van der Waals surface area contributed by atoms with E-state index in [1.54, 1.807) is 0 Å². The van der Waals surface area contributed by atoms with Crippen LogP contribution in [0.15, 0.2) is 0 Å². The van der Waals surface area contributed by atoms with Gasteiger partial charge in [-0.15, -0.1) is 4.90 Å². The lowest BCUT2D eigenvalue weighted by Gasteiger charge is -2.48. The van der Waals surface area contributed by atoms with Crippen molar-refractivity contribution in [3.05, 3.63) is 0 Å². The molecule has 6 nitrogen and oxygen atoms in total. The lowest BCUT2D eigenvalue weighted by Crippen LogP contribution is -2.80. The van der Waals surface area contributed by atoms with Gasteiger partial charge in [-0.05, 0) is 0 Å². The Morgan fingerprint density at radius 3 is 1.20 bits per heavy atom. The molecule has 0 heterocycles. The molecular weight excluding hydrogens is 724 g/mol. The van der Waals surface area contributed by atoms with Crippen LogP contribution in [-0.2, 0) is 9.59 Å². The van der Waals surface area contributed by atoms with Gasteiger partial charge >= 0.3 is 66.1 Å². The van der Waals surface area contributed by atoms with Gasteiger partial charge < -0.3 is 14.9 Å². The Morgan fingerprint density at radius 2 is 0.913 bits per heavy atom. The number of carboxylic acid groups (broad SMARTS) is 1. The molecule has 2 N–H and O–H groups in total. The third-order valence-corrected chi connectivity index (χ3v) is 5.55. The molecule has 274 valence electrons. The van der Waals surface area contributed by atoms with E-state index in [0.29, 0.717) is 5.32 Å². The van der Waals surface area contributed by atoms with Crippen LogP contribution in [-0.4, -0.2) is 120 Å². The molecule has 0 saturated carbocycles. The minimum absolute atomic E-state index is 0.525. The topological polar surface area (TPSA) is 69.6 Å². The van der Waals surface area contributed by atoms with Crippen molar-refractivity contribution in [2.45, 2.75) is 66.5 Å². The minimum atomic E-state index is -9.33. The van der Waals surface area contributed by atoms with Gasteiger partial charge in [0.05, 0.1) is 20.6 Å². The quantitative estimate of drug-likeness (QED) is 0.0932. The molecule has 1 amide bonds. The third-order valence-electron chi connectivity index (χ3n) is 5.55. The SMILES string of the molecule is C[N+](C)(CCCNC(=O)C(F)(F)C(F)(F)N(C(F)(F)C(F)(F)C(F)(F)C(F)(F)F)C(F)(F)C(F)(F)C(F)(F)C(F)(F)F)CC(=O)O. The van der Waals surface area contributed by atoms with Crippen LogP contribution in [0.2, 0.25) is 0 Å². The van der Waals surface area contributed by atoms with Crippen LogP contribution in [0.4, 0.5) is 96.6 Å². The lowest BCUT2D eigenvalue weighted by atomic mass is 10.0. The van der Waals surface area contributed by atoms with Crippen molar-refractivity contribution >= 4 is 11.9 Å². The van der Waals surface area contributed by atoms with Crippen molar-refractivity contribution in [2.75, 3.05) is 33.7 Å². The normalized spacial score (nSPS) is 15.8. The summed E-state index contributed by atoms with van der Waals surface area (Å²) in [6, 6.07) is -27.4. The van der Waals surface area contributed by atoms with Crippen LogP contribution < -0.4 is 5.32 Å². The summed E-state index contributed by atoms with van der Waals surface area (Å²) in [4.78, 5) is 16.8. The first-order chi connectivity index (χ1) is 19.7. The molecule has 0 bridgehead atoms. The van der Waals surface area contributed by atoms with Crippen LogP contribution >= 0.6 is 0 Å². The third kappa shape index (κ3) is 7.09. The first kappa shape index (κ1) is 43.3. The van der Waals surface area contributed by atoms with Gasteiger partial charge in [-0.1, -0.05) is 0 Å². The lowest BCUT2D eigenvalue weighted by molar-refractivity contribution is -0.883. The van der Waals surface area contributed by atoms with E-state index in [4.69, 9.17) is 5.11 Å². The Balaban J connectivity index is 7.39. The van der Waals surface area contributed by atoms with Crippen LogP contribution in [0.1, 0.15) is 6.42 Å². The highest BCUT2D eigenvalue weighted by Crippen LogP contribution is 2.63. The Hall–Kier alpha value is -2.68. The molecule has 0 atom stereocenters. The molecule has 0 radical (unpaired) electrons. The van der Waals surface area contributed by atoms with Gasteiger partial charge in [0.15, 0.2) is 6.54 Å². The highest BCUT2D eigenvalue weighted by atomic mass is 19.4. The van der Waals surface area contributed by atoms with Gasteiger partial charge in [-0.25, -0.2) is 4.79 Å². The molecule has 0 unspecified atom stereocenters. The van der Waals surface area contributed by atoms with Gasteiger partial charge in [0, 0.05) is 13.0 Å². The molecule has 0 aromatic heterocycles. The number of halogens is 22. The van der Waals surface area contributed by atoms with Crippen molar-refractivity contribution in [1.82, 2.24) is 10.2 Å². The number of quaternary nitrogens is 1. The molecule has 0 aromatic carbocycles. The molecule has 0 rings (SSSR count). The fraction of sp³-hybridized carbons (Fsp3) is 0.889. The zero-order valence-electron chi connectivity index (χ0n) is 21.8. The maximum absolute atomic E-state index is 14.5. The van der Waals surface area contributed by atoms with Crippen molar-refractivity contribution in [3.63, 3.8) is 0 Å². The molecular formula is C18H16F22N3O3+. The second kappa shape index (κ2) is 12.1. The summed E-state index contributed by atoms with van der Waals surface area (Å²) in [7, 11) is 2.13. The summed E-state index contributed by atoms with van der Waals surface area (Å²) in [5, 5.41) is 9.18. The number of nitrogens with one attached hydrogen (secondary N) is 1. The summed E-state index contributed by atoms with van der Waals surface area (Å²) >= 11 is 0. The van der Waals surface area contributed by atoms with Gasteiger partial charge in [-0.2, -0.15) is 96.6 Å². The smallest absolute Gasteiger partial charge is 0.460 e. The van der Waals surface area contributed by atoms with Gasteiger partial charge in [0.1, 0.15) is 0 Å². The number of hydrogen-bond acceptors (Lipinski definition) is 3. The van der Waals surface area contributed by atoms with Crippen LogP contribution in [0, 0.1) is 0 Å². The second-order valence-corrected chi connectivity index (χ2v) is 9.65. The van der Waals surface area contributed by atoms with Gasteiger partial charge in [-0.3, -0.25) is 4.79 Å². The predicted octanol–water partition coefficient (Wildman–Crippen LogP) is 6.04. The fourth-order valence-corrected chi connectivity index (χ4v) is 3.09. The Labute approximate surface area is 239 Å². The number of amides is 1. The van der Waals surface area contributed by atoms with Crippen LogP contribution in [0.25, 0.3) is 0 Å². The maximum atomic E-state index is 14.5. The van der Waals surface area contributed by atoms with Crippen LogP contribution in [0.5, 0.6) is 0 Å². The number of nitrogens with zero attached hydrogens (tertiary/aromatic N) is 2. The molecule has 0 aliphatic carbocycles. The molecule has 0 spiro atoms. The largest absolute Gasteiger partial charge is 0.477 e. The van der Waals surface area contributed by atoms with E-state index < -0.39 is 107 Å². The summed E-state index contributed by atoms with van der Waals surface area (Å²) in [6.07, 6.45) is -17.3. The van der Waals surface area contributed by atoms with E-state index >= 15 is 0 Å². The van der Waals surface area contributed by atoms with E-state index in [2.05, 4.69) is 0 Å². The fourth-order valence-electron chi connectivity index (χ4n) is 3.09. The summed E-state index contributed by atoms with van der Waals surface area (Å²) < 4.78 is 296. The highest BCUT2D eigenvalue weighted by molar-refractivity contribution is 5.84. The minimum Gasteiger partial charge on any atom is -0.477 e. The van der Waals surface area contributed by atoms with Crippen molar-refractivity contribution in [1.29, 1.82) is 0 Å². The molecule has 0 fully saturated rings. The summed E-state index contributed by atoms with van der Waals surface area (Å²) in [6.45, 7) is -2.88. The van der Waals surface area contributed by atoms with Crippen molar-refractivity contribution in [2.24, 2.45) is 0 Å². The van der Waals surface area contributed by atoms with Gasteiger partial charge in [0.2, 0.25) is 0 Å². The van der Waals surface area contributed by atoms with E-state index in [0.717, 1.165) is 14.1 Å². The number of rotatable bonds is 15. The molecule has 0 aliphatic rings. The molecule has 0 aliphatic heterocycles. The molecule has 46 heavy (non-hydrogen) atoms. The number of carbonyl (C=O) groups excluding carboxylic acids is 1. The molecule has 0 aromatic rings. The summed E-state index contributed by atoms with van der Waals surface area (Å²) in [5.74, 6) is -49.0. The zero-order chi connectivity index (χ0) is 37.8. The number of alkyl halides is 22. The van der Waals surface area contributed by atoms with Crippen molar-refractivity contribution in [3.8, 4) is 0 Å². The van der Waals surface area contributed by atoms with E-state index in [1.807, 2.05) is 0 Å². The van der Waals surface area contributed by atoms with Crippen LogP contribution in [0.3, 0.4) is 0 Å². The van der Waals surface area contributed by atoms with Gasteiger partial charge in [0.25, 0.3) is 5.91 Å². The van der Waals surface area contributed by atoms with E-state index in [1.165, 1.54) is 0 Å². The first-order valence-electron chi connectivity index (χ1n) is 10.9. The average molecular weight is 740 g/mol. The summed E-state index contributed by atoms with van der Waals surface area (Å²) in [5.41, 5.74) is 0. The number of carboxylic acids is 1. The first-order valence-corrected chi connectivity index (χ1v) is 10.9. The zero-order valence-corrected chi connectivity index (χ0v) is 21.8. The Morgan fingerprint density at radius 1 is 0.587 bits per heavy atom. The standard InChI is InChI=1S/C18H15F22N3O3/c1-43(2,6-7(44)45)5-3-4-41-8(46)9(19,20)16(35,36)42(17(37,38)12(25,26)10(21,22)14(29,30)31)18(39,40)13(27,28)11(23,24)15(32,33)34/h3-6H2,1-2H3,(H-,41,44,45,46)/p+1. The molecule has 28 heteroatoms.